The number of pyridine rings is 1. The fourth-order valence-corrected chi connectivity index (χ4v) is 3.93. The summed E-state index contributed by atoms with van der Waals surface area (Å²) in [4.78, 5) is 18.9. The number of amides is 1. The Balaban J connectivity index is 1.67. The molecule has 114 valence electrons. The van der Waals surface area contributed by atoms with Crippen LogP contribution in [0.15, 0.2) is 18.3 Å². The second-order valence-corrected chi connectivity index (χ2v) is 6.50. The van der Waals surface area contributed by atoms with Crippen LogP contribution in [0.25, 0.3) is 0 Å². The number of carbonyl (C=O) groups is 1. The SMILES string of the molecule is CNc1ncccc1C(=O)N1CCC2(CCCCC2)CC1. The van der Waals surface area contributed by atoms with Crippen LogP contribution in [0, 0.1) is 5.41 Å². The molecule has 4 heteroatoms. The highest BCUT2D eigenvalue weighted by molar-refractivity contribution is 5.98. The standard InChI is InChI=1S/C17H25N3O/c1-18-15-14(6-5-11-19-15)16(21)20-12-9-17(10-13-20)7-3-2-4-8-17/h5-6,11H,2-4,7-10,12-13H2,1H3,(H,18,19). The number of hydrogen-bond acceptors (Lipinski definition) is 3. The molecule has 0 unspecified atom stereocenters. The van der Waals surface area contributed by atoms with E-state index in [1.165, 1.54) is 44.9 Å². The van der Waals surface area contributed by atoms with Gasteiger partial charge in [-0.1, -0.05) is 19.3 Å². The summed E-state index contributed by atoms with van der Waals surface area (Å²) < 4.78 is 0. The van der Waals surface area contributed by atoms with Gasteiger partial charge in [-0.25, -0.2) is 4.98 Å². The summed E-state index contributed by atoms with van der Waals surface area (Å²) in [5.74, 6) is 0.804. The van der Waals surface area contributed by atoms with Crippen LogP contribution in [0.1, 0.15) is 55.3 Å². The number of aromatic nitrogens is 1. The lowest BCUT2D eigenvalue weighted by atomic mass is 9.68. The minimum atomic E-state index is 0.123. The molecule has 4 nitrogen and oxygen atoms in total. The zero-order valence-electron chi connectivity index (χ0n) is 12.9. The Kier molecular flexibility index (Phi) is 4.13. The molecule has 2 fully saturated rings. The van der Waals surface area contributed by atoms with Gasteiger partial charge >= 0.3 is 0 Å². The van der Waals surface area contributed by atoms with Gasteiger partial charge in [0.15, 0.2) is 0 Å². The van der Waals surface area contributed by atoms with Crippen LogP contribution >= 0.6 is 0 Å². The van der Waals surface area contributed by atoms with Gasteiger partial charge in [0.25, 0.3) is 5.91 Å². The molecule has 3 rings (SSSR count). The van der Waals surface area contributed by atoms with E-state index in [0.717, 1.165) is 13.1 Å². The number of hydrogen-bond donors (Lipinski definition) is 1. The Morgan fingerprint density at radius 2 is 1.90 bits per heavy atom. The van der Waals surface area contributed by atoms with E-state index in [4.69, 9.17) is 0 Å². The fraction of sp³-hybridized carbons (Fsp3) is 0.647. The fourth-order valence-electron chi connectivity index (χ4n) is 3.93. The normalized spacial score (nSPS) is 21.3. The Bertz CT molecular complexity index is 499. The molecule has 0 aromatic carbocycles. The number of piperidine rings is 1. The number of anilines is 1. The summed E-state index contributed by atoms with van der Waals surface area (Å²) in [6, 6.07) is 3.70. The van der Waals surface area contributed by atoms with Crippen LogP contribution in [0.2, 0.25) is 0 Å². The molecule has 1 aromatic heterocycles. The lowest BCUT2D eigenvalue weighted by molar-refractivity contribution is 0.0472. The molecule has 1 spiro atoms. The molecule has 1 amide bonds. The summed E-state index contributed by atoms with van der Waals surface area (Å²) in [6.45, 7) is 1.80. The van der Waals surface area contributed by atoms with Crippen LogP contribution in [-0.4, -0.2) is 35.9 Å². The molecule has 2 aliphatic rings. The number of nitrogens with one attached hydrogen (secondary N) is 1. The van der Waals surface area contributed by atoms with Gasteiger partial charge in [0.2, 0.25) is 0 Å². The second kappa shape index (κ2) is 6.04. The number of rotatable bonds is 2. The van der Waals surface area contributed by atoms with Crippen LogP contribution in [0.3, 0.4) is 0 Å². The molecule has 0 atom stereocenters. The number of likely N-dealkylation sites (tertiary alicyclic amines) is 1. The van der Waals surface area contributed by atoms with E-state index in [1.54, 1.807) is 6.20 Å². The van der Waals surface area contributed by atoms with Crippen LogP contribution in [0.4, 0.5) is 5.82 Å². The van der Waals surface area contributed by atoms with Gasteiger partial charge in [-0.15, -0.1) is 0 Å². The zero-order valence-corrected chi connectivity index (χ0v) is 12.9. The minimum Gasteiger partial charge on any atom is -0.372 e. The van der Waals surface area contributed by atoms with Crippen molar-refractivity contribution in [1.82, 2.24) is 9.88 Å². The van der Waals surface area contributed by atoms with Crippen LogP contribution in [0.5, 0.6) is 0 Å². The highest BCUT2D eigenvalue weighted by Crippen LogP contribution is 2.44. The molecule has 0 bridgehead atoms. The lowest BCUT2D eigenvalue weighted by Crippen LogP contribution is -2.44. The maximum atomic E-state index is 12.7. The third-order valence-electron chi connectivity index (χ3n) is 5.30. The van der Waals surface area contributed by atoms with Crippen LogP contribution < -0.4 is 5.32 Å². The third kappa shape index (κ3) is 2.89. The molecular weight excluding hydrogens is 262 g/mol. The predicted octanol–water partition coefficient (Wildman–Crippen LogP) is 3.31. The summed E-state index contributed by atoms with van der Waals surface area (Å²) in [5, 5.41) is 3.01. The molecule has 2 heterocycles. The zero-order chi connectivity index (χ0) is 14.7. The van der Waals surface area contributed by atoms with Gasteiger partial charge in [-0.2, -0.15) is 0 Å². The molecule has 21 heavy (non-hydrogen) atoms. The average Bonchev–Trinajstić information content (AvgIpc) is 2.56. The van der Waals surface area contributed by atoms with Crippen molar-refractivity contribution in [3.8, 4) is 0 Å². The van der Waals surface area contributed by atoms with Crippen molar-refractivity contribution in [2.75, 3.05) is 25.5 Å². The Morgan fingerprint density at radius 3 is 2.57 bits per heavy atom. The molecule has 0 radical (unpaired) electrons. The van der Waals surface area contributed by atoms with Crippen molar-refractivity contribution < 1.29 is 4.79 Å². The van der Waals surface area contributed by atoms with E-state index >= 15 is 0 Å². The average molecular weight is 287 g/mol. The molecule has 1 aliphatic heterocycles. The van der Waals surface area contributed by atoms with Crippen molar-refractivity contribution in [2.45, 2.75) is 44.9 Å². The summed E-state index contributed by atoms with van der Waals surface area (Å²) in [7, 11) is 1.81. The second-order valence-electron chi connectivity index (χ2n) is 6.50. The summed E-state index contributed by atoms with van der Waals surface area (Å²) in [5.41, 5.74) is 1.23. The largest absolute Gasteiger partial charge is 0.372 e. The number of nitrogens with zero attached hydrogens (tertiary/aromatic N) is 2. The van der Waals surface area contributed by atoms with E-state index in [0.29, 0.717) is 16.8 Å². The highest BCUT2D eigenvalue weighted by Gasteiger charge is 2.37. The maximum Gasteiger partial charge on any atom is 0.257 e. The van der Waals surface area contributed by atoms with Gasteiger partial charge in [0.1, 0.15) is 5.82 Å². The highest BCUT2D eigenvalue weighted by atomic mass is 16.2. The van der Waals surface area contributed by atoms with Gasteiger partial charge in [0.05, 0.1) is 5.56 Å². The molecule has 1 aliphatic carbocycles. The topological polar surface area (TPSA) is 45.2 Å². The molecular formula is C17H25N3O. The van der Waals surface area contributed by atoms with Crippen molar-refractivity contribution in [3.05, 3.63) is 23.9 Å². The minimum absolute atomic E-state index is 0.123. The smallest absolute Gasteiger partial charge is 0.257 e. The lowest BCUT2D eigenvalue weighted by Gasteiger charge is -2.44. The van der Waals surface area contributed by atoms with Crippen molar-refractivity contribution in [1.29, 1.82) is 0 Å². The first-order valence-electron chi connectivity index (χ1n) is 8.16. The molecule has 1 aromatic rings. The van der Waals surface area contributed by atoms with Crippen molar-refractivity contribution in [2.24, 2.45) is 5.41 Å². The Labute approximate surface area is 126 Å². The van der Waals surface area contributed by atoms with Crippen molar-refractivity contribution in [3.63, 3.8) is 0 Å². The van der Waals surface area contributed by atoms with E-state index < -0.39 is 0 Å². The van der Waals surface area contributed by atoms with E-state index in [-0.39, 0.29) is 5.91 Å². The number of carbonyl (C=O) groups excluding carboxylic acids is 1. The Morgan fingerprint density at radius 1 is 1.19 bits per heavy atom. The summed E-state index contributed by atoms with van der Waals surface area (Å²) >= 11 is 0. The van der Waals surface area contributed by atoms with Crippen LogP contribution in [-0.2, 0) is 0 Å². The molecule has 1 saturated heterocycles. The maximum absolute atomic E-state index is 12.7. The monoisotopic (exact) mass is 287 g/mol. The first-order chi connectivity index (χ1) is 10.2. The van der Waals surface area contributed by atoms with Crippen molar-refractivity contribution >= 4 is 11.7 Å². The predicted molar refractivity (Wildman–Crippen MR) is 84.4 cm³/mol. The first-order valence-corrected chi connectivity index (χ1v) is 8.16. The van der Waals surface area contributed by atoms with E-state index in [1.807, 2.05) is 24.1 Å². The molecule has 1 saturated carbocycles. The van der Waals surface area contributed by atoms with Gasteiger partial charge in [-0.05, 0) is 43.2 Å². The Hall–Kier alpha value is -1.58. The van der Waals surface area contributed by atoms with E-state index in [2.05, 4.69) is 10.3 Å². The first kappa shape index (κ1) is 14.4. The quantitative estimate of drug-likeness (QED) is 0.907. The molecule has 1 N–H and O–H groups in total. The van der Waals surface area contributed by atoms with Gasteiger partial charge < -0.3 is 10.2 Å². The third-order valence-corrected chi connectivity index (χ3v) is 5.30. The van der Waals surface area contributed by atoms with Gasteiger partial charge in [-0.3, -0.25) is 4.79 Å². The van der Waals surface area contributed by atoms with Gasteiger partial charge in [0, 0.05) is 26.3 Å². The summed E-state index contributed by atoms with van der Waals surface area (Å²) in [6.07, 6.45) is 10.9. The van der Waals surface area contributed by atoms with E-state index in [9.17, 15) is 4.79 Å².